The molecule has 1 saturated carbocycles. The van der Waals surface area contributed by atoms with Crippen molar-refractivity contribution in [2.75, 3.05) is 13.7 Å². The Morgan fingerprint density at radius 2 is 2.07 bits per heavy atom. The summed E-state index contributed by atoms with van der Waals surface area (Å²) in [6, 6.07) is 0.0388. The number of hydrogen-bond acceptors (Lipinski definition) is 3. The molecule has 1 aliphatic carbocycles. The molecule has 2 N–H and O–H groups in total. The third-order valence-corrected chi connectivity index (χ3v) is 2.41. The van der Waals surface area contributed by atoms with Crippen LogP contribution in [-0.2, 0) is 4.74 Å². The van der Waals surface area contributed by atoms with Crippen molar-refractivity contribution in [2.45, 2.75) is 37.3 Å². The molecular formula is C8H14F3NO2. The Balaban J connectivity index is 2.11. The molecular weight excluding hydrogens is 199 g/mol. The molecule has 1 fully saturated rings. The fourth-order valence-corrected chi connectivity index (χ4v) is 1.32. The second-order valence-corrected chi connectivity index (χ2v) is 3.49. The van der Waals surface area contributed by atoms with Crippen LogP contribution in [0.15, 0.2) is 0 Å². The standard InChI is InChI=1S/C8H14F3NO2/c1-14-6-2-5(3-6)12-4-7(13)8(9,10)11/h5-7,12-13H,2-4H2,1H3. The van der Waals surface area contributed by atoms with Crippen LogP contribution in [0.1, 0.15) is 12.8 Å². The SMILES string of the molecule is COC1CC(NCC(O)C(F)(F)F)C1. The first kappa shape index (κ1) is 11.7. The summed E-state index contributed by atoms with van der Waals surface area (Å²) in [6.07, 6.45) is -5.24. The van der Waals surface area contributed by atoms with Crippen molar-refractivity contribution in [3.05, 3.63) is 0 Å². The molecule has 84 valence electrons. The van der Waals surface area contributed by atoms with Gasteiger partial charge in [-0.05, 0) is 12.8 Å². The minimum Gasteiger partial charge on any atom is -0.382 e. The monoisotopic (exact) mass is 213 g/mol. The molecule has 6 heteroatoms. The molecule has 0 aromatic rings. The van der Waals surface area contributed by atoms with Crippen LogP contribution in [0.2, 0.25) is 0 Å². The molecule has 0 aromatic heterocycles. The van der Waals surface area contributed by atoms with Gasteiger partial charge in [0.05, 0.1) is 6.10 Å². The van der Waals surface area contributed by atoms with E-state index in [9.17, 15) is 13.2 Å². The maximum atomic E-state index is 11.8. The molecule has 1 aliphatic rings. The van der Waals surface area contributed by atoms with E-state index in [1.165, 1.54) is 0 Å². The van der Waals surface area contributed by atoms with Crippen molar-refractivity contribution in [3.63, 3.8) is 0 Å². The van der Waals surface area contributed by atoms with Crippen LogP contribution >= 0.6 is 0 Å². The third-order valence-electron chi connectivity index (χ3n) is 2.41. The third kappa shape index (κ3) is 3.11. The van der Waals surface area contributed by atoms with E-state index in [-0.39, 0.29) is 12.1 Å². The highest BCUT2D eigenvalue weighted by atomic mass is 19.4. The normalized spacial score (nSPS) is 29.8. The first-order valence-electron chi connectivity index (χ1n) is 4.44. The lowest BCUT2D eigenvalue weighted by Gasteiger charge is -2.35. The van der Waals surface area contributed by atoms with Gasteiger partial charge in [-0.3, -0.25) is 0 Å². The van der Waals surface area contributed by atoms with Gasteiger partial charge in [-0.15, -0.1) is 0 Å². The van der Waals surface area contributed by atoms with Gasteiger partial charge in [0, 0.05) is 19.7 Å². The highest BCUT2D eigenvalue weighted by Gasteiger charge is 2.39. The van der Waals surface area contributed by atoms with Crippen LogP contribution in [0.25, 0.3) is 0 Å². The van der Waals surface area contributed by atoms with Gasteiger partial charge in [-0.1, -0.05) is 0 Å². The summed E-state index contributed by atoms with van der Waals surface area (Å²) in [4.78, 5) is 0. The molecule has 0 spiro atoms. The van der Waals surface area contributed by atoms with Crippen LogP contribution < -0.4 is 5.32 Å². The van der Waals surface area contributed by atoms with Crippen molar-refractivity contribution in [3.8, 4) is 0 Å². The number of ether oxygens (including phenoxy) is 1. The molecule has 0 heterocycles. The molecule has 0 aromatic carbocycles. The van der Waals surface area contributed by atoms with E-state index in [0.717, 1.165) is 0 Å². The van der Waals surface area contributed by atoms with Crippen molar-refractivity contribution in [1.29, 1.82) is 0 Å². The van der Waals surface area contributed by atoms with Crippen molar-refractivity contribution in [1.82, 2.24) is 5.32 Å². The largest absolute Gasteiger partial charge is 0.415 e. The predicted octanol–water partition coefficient (Wildman–Crippen LogP) is 0.677. The minimum atomic E-state index is -4.53. The Bertz CT molecular complexity index is 180. The Hall–Kier alpha value is -0.330. The van der Waals surface area contributed by atoms with E-state index in [4.69, 9.17) is 9.84 Å². The molecule has 0 aliphatic heterocycles. The minimum absolute atomic E-state index is 0.0388. The Morgan fingerprint density at radius 1 is 1.50 bits per heavy atom. The lowest BCUT2D eigenvalue weighted by atomic mass is 9.89. The number of methoxy groups -OCH3 is 1. The van der Waals surface area contributed by atoms with Crippen LogP contribution in [0, 0.1) is 0 Å². The molecule has 14 heavy (non-hydrogen) atoms. The average Bonchev–Trinajstić information content (AvgIpc) is 1.99. The second kappa shape index (κ2) is 4.46. The molecule has 1 atom stereocenters. The number of hydrogen-bond donors (Lipinski definition) is 2. The number of nitrogens with one attached hydrogen (secondary N) is 1. The summed E-state index contributed by atoms with van der Waals surface area (Å²) in [7, 11) is 1.57. The van der Waals surface area contributed by atoms with Gasteiger partial charge in [-0.25, -0.2) is 0 Å². The van der Waals surface area contributed by atoms with Gasteiger partial charge in [0.15, 0.2) is 6.10 Å². The zero-order valence-corrected chi connectivity index (χ0v) is 7.84. The summed E-state index contributed by atoms with van der Waals surface area (Å²) >= 11 is 0. The number of rotatable bonds is 4. The molecule has 0 radical (unpaired) electrons. The maximum Gasteiger partial charge on any atom is 0.415 e. The quantitative estimate of drug-likeness (QED) is 0.721. The van der Waals surface area contributed by atoms with E-state index in [0.29, 0.717) is 12.8 Å². The van der Waals surface area contributed by atoms with E-state index in [1.54, 1.807) is 7.11 Å². The summed E-state index contributed by atoms with van der Waals surface area (Å²) in [5.74, 6) is 0. The zero-order valence-electron chi connectivity index (χ0n) is 7.84. The molecule has 1 rings (SSSR count). The molecule has 0 amide bonds. The first-order valence-corrected chi connectivity index (χ1v) is 4.44. The number of alkyl halides is 3. The van der Waals surface area contributed by atoms with E-state index in [1.807, 2.05) is 0 Å². The van der Waals surface area contributed by atoms with Crippen molar-refractivity contribution in [2.24, 2.45) is 0 Å². The second-order valence-electron chi connectivity index (χ2n) is 3.49. The van der Waals surface area contributed by atoms with Gasteiger partial charge < -0.3 is 15.2 Å². The predicted molar refractivity (Wildman–Crippen MR) is 43.9 cm³/mol. The number of aliphatic hydroxyl groups is 1. The van der Waals surface area contributed by atoms with E-state index >= 15 is 0 Å². The van der Waals surface area contributed by atoms with E-state index in [2.05, 4.69) is 5.32 Å². The topological polar surface area (TPSA) is 41.5 Å². The van der Waals surface area contributed by atoms with Crippen molar-refractivity contribution < 1.29 is 23.0 Å². The van der Waals surface area contributed by atoms with Crippen molar-refractivity contribution >= 4 is 0 Å². The van der Waals surface area contributed by atoms with E-state index < -0.39 is 18.8 Å². The lowest BCUT2D eigenvalue weighted by Crippen LogP contribution is -2.49. The summed E-state index contributed by atoms with van der Waals surface area (Å²) in [5.41, 5.74) is 0. The lowest BCUT2D eigenvalue weighted by molar-refractivity contribution is -0.202. The highest BCUT2D eigenvalue weighted by molar-refractivity contribution is 4.86. The van der Waals surface area contributed by atoms with Gasteiger partial charge in [0.2, 0.25) is 0 Å². The summed E-state index contributed by atoms with van der Waals surface area (Å²) < 4.78 is 40.5. The highest BCUT2D eigenvalue weighted by Crippen LogP contribution is 2.24. The van der Waals surface area contributed by atoms with Crippen LogP contribution in [0.5, 0.6) is 0 Å². The fourth-order valence-electron chi connectivity index (χ4n) is 1.32. The summed E-state index contributed by atoms with van der Waals surface area (Å²) in [5, 5.41) is 11.3. The summed E-state index contributed by atoms with van der Waals surface area (Å²) in [6.45, 7) is -0.440. The number of halogens is 3. The first-order chi connectivity index (χ1) is 6.43. The van der Waals surface area contributed by atoms with Crippen LogP contribution in [-0.4, -0.2) is 43.2 Å². The Kier molecular flexibility index (Phi) is 3.74. The molecule has 1 unspecified atom stereocenters. The van der Waals surface area contributed by atoms with Gasteiger partial charge >= 0.3 is 6.18 Å². The Labute approximate surface area is 80.2 Å². The molecule has 3 nitrogen and oxygen atoms in total. The van der Waals surface area contributed by atoms with Gasteiger partial charge in [0.1, 0.15) is 0 Å². The fraction of sp³-hybridized carbons (Fsp3) is 1.00. The Morgan fingerprint density at radius 3 is 2.50 bits per heavy atom. The molecule has 0 bridgehead atoms. The van der Waals surface area contributed by atoms with Crippen LogP contribution in [0.4, 0.5) is 13.2 Å². The zero-order chi connectivity index (χ0) is 10.8. The maximum absolute atomic E-state index is 11.8. The van der Waals surface area contributed by atoms with Crippen LogP contribution in [0.3, 0.4) is 0 Å². The molecule has 0 saturated heterocycles. The smallest absolute Gasteiger partial charge is 0.382 e. The van der Waals surface area contributed by atoms with Gasteiger partial charge in [0.25, 0.3) is 0 Å². The van der Waals surface area contributed by atoms with Gasteiger partial charge in [-0.2, -0.15) is 13.2 Å². The number of aliphatic hydroxyl groups excluding tert-OH is 1. The average molecular weight is 213 g/mol.